The van der Waals surface area contributed by atoms with Crippen LogP contribution in [0, 0.1) is 0 Å². The van der Waals surface area contributed by atoms with Gasteiger partial charge in [0.2, 0.25) is 0 Å². The van der Waals surface area contributed by atoms with Gasteiger partial charge in [0, 0.05) is 18.7 Å². The summed E-state index contributed by atoms with van der Waals surface area (Å²) in [7, 11) is 0. The van der Waals surface area contributed by atoms with E-state index in [4.69, 9.17) is 4.74 Å². The quantitative estimate of drug-likeness (QED) is 0.677. The number of Topliss-reactive ketones (excluding diaryl/α,β-unsaturated/α-hetero) is 1. The first-order valence-electron chi connectivity index (χ1n) is 8.26. The molecule has 128 valence electrons. The molecule has 0 radical (unpaired) electrons. The van der Waals surface area contributed by atoms with E-state index in [1.54, 1.807) is 28.4 Å². The van der Waals surface area contributed by atoms with Gasteiger partial charge in [-0.2, -0.15) is 0 Å². The monoisotopic (exact) mass is 354 g/mol. The maximum absolute atomic E-state index is 12.9. The Morgan fingerprint density at radius 3 is 2.60 bits per heavy atom. The van der Waals surface area contributed by atoms with Crippen molar-refractivity contribution in [2.45, 2.75) is 6.54 Å². The van der Waals surface area contributed by atoms with Gasteiger partial charge >= 0.3 is 0 Å². The van der Waals surface area contributed by atoms with Gasteiger partial charge in [-0.25, -0.2) is 0 Å². The van der Waals surface area contributed by atoms with Crippen LogP contribution < -0.4 is 0 Å². The van der Waals surface area contributed by atoms with Crippen molar-refractivity contribution in [2.24, 2.45) is 0 Å². The second kappa shape index (κ2) is 6.82. The minimum atomic E-state index is -0.0347. The van der Waals surface area contributed by atoms with E-state index in [-0.39, 0.29) is 18.2 Å². The van der Waals surface area contributed by atoms with Gasteiger partial charge in [-0.15, -0.1) is 11.3 Å². The van der Waals surface area contributed by atoms with Crippen molar-refractivity contribution in [3.63, 3.8) is 0 Å². The fourth-order valence-corrected chi connectivity index (χ4v) is 3.93. The van der Waals surface area contributed by atoms with Gasteiger partial charge in [0.05, 0.1) is 30.0 Å². The number of nitrogens with zero attached hydrogens (tertiary/aromatic N) is 2. The third-order valence-corrected chi connectivity index (χ3v) is 5.29. The molecule has 1 fully saturated rings. The predicted molar refractivity (Wildman–Crippen MR) is 97.3 cm³/mol. The standard InChI is InChI=1S/C19H18N2O3S/c22-17(14-4-2-1-3-5-14)13-21-15-6-11-25-18(15)12-16(21)19(23)20-7-9-24-10-8-20/h1-6,11-12H,7-10,13H2. The van der Waals surface area contributed by atoms with Gasteiger partial charge in [-0.3, -0.25) is 9.59 Å². The molecule has 4 rings (SSSR count). The van der Waals surface area contributed by atoms with E-state index >= 15 is 0 Å². The summed E-state index contributed by atoms with van der Waals surface area (Å²) in [6, 6.07) is 13.1. The summed E-state index contributed by atoms with van der Waals surface area (Å²) in [5, 5.41) is 1.98. The zero-order valence-electron chi connectivity index (χ0n) is 13.7. The van der Waals surface area contributed by atoms with E-state index in [2.05, 4.69) is 0 Å². The number of carbonyl (C=O) groups is 2. The lowest BCUT2D eigenvalue weighted by atomic mass is 10.1. The van der Waals surface area contributed by atoms with Crippen LogP contribution in [0.2, 0.25) is 0 Å². The molecular formula is C19H18N2O3S. The number of thiophene rings is 1. The van der Waals surface area contributed by atoms with Crippen LogP contribution in [0.5, 0.6) is 0 Å². The van der Waals surface area contributed by atoms with Crippen LogP contribution in [0.1, 0.15) is 20.8 Å². The highest BCUT2D eigenvalue weighted by molar-refractivity contribution is 7.17. The molecule has 1 aromatic carbocycles. The van der Waals surface area contributed by atoms with E-state index < -0.39 is 0 Å². The third-order valence-electron chi connectivity index (χ3n) is 4.44. The smallest absolute Gasteiger partial charge is 0.270 e. The van der Waals surface area contributed by atoms with Gasteiger partial charge in [-0.05, 0) is 17.5 Å². The van der Waals surface area contributed by atoms with Crippen molar-refractivity contribution in [3.8, 4) is 0 Å². The molecule has 0 saturated carbocycles. The number of hydrogen-bond donors (Lipinski definition) is 0. The van der Waals surface area contributed by atoms with Crippen molar-refractivity contribution < 1.29 is 14.3 Å². The molecular weight excluding hydrogens is 336 g/mol. The number of ketones is 1. The number of carbonyl (C=O) groups excluding carboxylic acids is 2. The van der Waals surface area contributed by atoms with Crippen molar-refractivity contribution >= 4 is 33.2 Å². The van der Waals surface area contributed by atoms with Gasteiger partial charge < -0.3 is 14.2 Å². The molecule has 0 N–H and O–H groups in total. The average Bonchev–Trinajstić information content (AvgIpc) is 3.25. The van der Waals surface area contributed by atoms with Crippen molar-refractivity contribution in [1.29, 1.82) is 0 Å². The number of hydrogen-bond acceptors (Lipinski definition) is 4. The molecule has 0 aliphatic carbocycles. The summed E-state index contributed by atoms with van der Waals surface area (Å²) in [4.78, 5) is 27.4. The normalized spacial score (nSPS) is 14.8. The Labute approximate surface area is 149 Å². The number of amides is 1. The highest BCUT2D eigenvalue weighted by Crippen LogP contribution is 2.27. The number of morpholine rings is 1. The van der Waals surface area contributed by atoms with Crippen LogP contribution in [-0.2, 0) is 11.3 Å². The lowest BCUT2D eigenvalue weighted by Gasteiger charge is -2.27. The van der Waals surface area contributed by atoms with E-state index in [1.807, 2.05) is 40.3 Å². The molecule has 3 heterocycles. The number of fused-ring (bicyclic) bond motifs is 1. The zero-order valence-corrected chi connectivity index (χ0v) is 14.5. The van der Waals surface area contributed by atoms with Gasteiger partial charge in [0.1, 0.15) is 5.69 Å². The molecule has 1 aliphatic rings. The molecule has 1 amide bonds. The van der Waals surface area contributed by atoms with Crippen molar-refractivity contribution in [2.75, 3.05) is 26.3 Å². The molecule has 25 heavy (non-hydrogen) atoms. The maximum Gasteiger partial charge on any atom is 0.270 e. The van der Waals surface area contributed by atoms with Gasteiger partial charge in [0.25, 0.3) is 5.91 Å². The summed E-state index contributed by atoms with van der Waals surface area (Å²) in [5.74, 6) is -0.0344. The number of rotatable bonds is 4. The van der Waals surface area contributed by atoms with Crippen molar-refractivity contribution in [1.82, 2.24) is 9.47 Å². The average molecular weight is 354 g/mol. The molecule has 2 aromatic heterocycles. The van der Waals surface area contributed by atoms with Crippen LogP contribution in [0.25, 0.3) is 10.2 Å². The number of aromatic nitrogens is 1. The molecule has 0 unspecified atom stereocenters. The topological polar surface area (TPSA) is 51.5 Å². The van der Waals surface area contributed by atoms with Crippen LogP contribution in [0.4, 0.5) is 0 Å². The molecule has 3 aromatic rings. The lowest BCUT2D eigenvalue weighted by Crippen LogP contribution is -2.41. The Morgan fingerprint density at radius 1 is 1.08 bits per heavy atom. The molecule has 5 nitrogen and oxygen atoms in total. The van der Waals surface area contributed by atoms with E-state index in [1.165, 1.54) is 0 Å². The molecule has 1 aliphatic heterocycles. The highest BCUT2D eigenvalue weighted by atomic mass is 32.1. The van der Waals surface area contributed by atoms with Gasteiger partial charge in [0.15, 0.2) is 5.78 Å². The second-order valence-corrected chi connectivity index (χ2v) is 6.93. The lowest BCUT2D eigenvalue weighted by molar-refractivity contribution is 0.0296. The van der Waals surface area contributed by atoms with Gasteiger partial charge in [-0.1, -0.05) is 30.3 Å². The first-order valence-corrected chi connectivity index (χ1v) is 9.14. The summed E-state index contributed by atoms with van der Waals surface area (Å²) < 4.78 is 8.20. The molecule has 0 atom stereocenters. The van der Waals surface area contributed by atoms with Crippen LogP contribution in [0.15, 0.2) is 47.8 Å². The van der Waals surface area contributed by atoms with E-state index in [9.17, 15) is 9.59 Å². The summed E-state index contributed by atoms with van der Waals surface area (Å²) in [5.41, 5.74) is 2.17. The first kappa shape index (κ1) is 16.1. The number of ether oxygens (including phenoxy) is 1. The van der Waals surface area contributed by atoms with Crippen molar-refractivity contribution in [3.05, 3.63) is 59.1 Å². The summed E-state index contributed by atoms with van der Waals surface area (Å²) >= 11 is 1.58. The Morgan fingerprint density at radius 2 is 1.84 bits per heavy atom. The maximum atomic E-state index is 12.9. The second-order valence-electron chi connectivity index (χ2n) is 5.98. The fraction of sp³-hybridized carbons (Fsp3) is 0.263. The minimum absolute atomic E-state index is 0.000303. The molecule has 0 bridgehead atoms. The van der Waals surface area contributed by atoms with Crippen LogP contribution in [-0.4, -0.2) is 47.5 Å². The Balaban J connectivity index is 1.68. The first-order chi connectivity index (χ1) is 12.2. The Kier molecular flexibility index (Phi) is 4.38. The Hall–Kier alpha value is -2.44. The number of benzene rings is 1. The highest BCUT2D eigenvalue weighted by Gasteiger charge is 2.24. The molecule has 6 heteroatoms. The Bertz CT molecular complexity index is 907. The zero-order chi connectivity index (χ0) is 17.2. The van der Waals surface area contributed by atoms with Crippen LogP contribution >= 0.6 is 11.3 Å². The SMILES string of the molecule is O=C(Cn1c(C(=O)N2CCOCC2)cc2sccc21)c1ccccc1. The molecule has 1 saturated heterocycles. The van der Waals surface area contributed by atoms with E-state index in [0.717, 1.165) is 10.2 Å². The van der Waals surface area contributed by atoms with E-state index in [0.29, 0.717) is 37.6 Å². The predicted octanol–water partition coefficient (Wildman–Crippen LogP) is 3.06. The minimum Gasteiger partial charge on any atom is -0.378 e. The molecule has 0 spiro atoms. The summed E-state index contributed by atoms with van der Waals surface area (Å²) in [6.45, 7) is 2.46. The van der Waals surface area contributed by atoms with Crippen LogP contribution in [0.3, 0.4) is 0 Å². The largest absolute Gasteiger partial charge is 0.378 e. The summed E-state index contributed by atoms with van der Waals surface area (Å²) in [6.07, 6.45) is 0. The third kappa shape index (κ3) is 3.10. The fourth-order valence-electron chi connectivity index (χ4n) is 3.11.